The molecule has 13 nitrogen and oxygen atoms in total. The van der Waals surface area contributed by atoms with Crippen LogP contribution in [-0.2, 0) is 60.2 Å². The zero-order chi connectivity index (χ0) is 40.7. The number of amides is 2. The van der Waals surface area contributed by atoms with E-state index in [1.807, 2.05) is 72.8 Å². The molecule has 6 unspecified atom stereocenters. The fourth-order valence-electron chi connectivity index (χ4n) is 5.18. The maximum Gasteiger partial charge on any atom is 0.410 e. The van der Waals surface area contributed by atoms with Crippen LogP contribution in [0.2, 0.25) is 0 Å². The summed E-state index contributed by atoms with van der Waals surface area (Å²) >= 11 is 0. The van der Waals surface area contributed by atoms with E-state index in [4.69, 9.17) is 23.5 Å². The molecule has 55 heavy (non-hydrogen) atoms. The molecule has 0 bridgehead atoms. The Morgan fingerprint density at radius 3 is 1.69 bits per heavy atom. The van der Waals surface area contributed by atoms with Crippen LogP contribution in [0.1, 0.15) is 66.5 Å². The molecule has 298 valence electrons. The van der Waals surface area contributed by atoms with Crippen molar-refractivity contribution in [2.24, 2.45) is 17.8 Å². The first-order valence-electron chi connectivity index (χ1n) is 18.3. The summed E-state index contributed by atoms with van der Waals surface area (Å²) in [7, 11) is -4.19. The van der Waals surface area contributed by atoms with Crippen LogP contribution in [0.15, 0.2) is 84.9 Å². The number of alkyl carbamates (subject to hydrolysis) is 1. The Kier molecular flexibility index (Phi) is 17.1. The van der Waals surface area contributed by atoms with Crippen molar-refractivity contribution in [2.75, 3.05) is 6.16 Å². The van der Waals surface area contributed by atoms with E-state index in [9.17, 15) is 28.5 Å². The molecule has 0 aromatic heterocycles. The Bertz CT molecular complexity index is 1770. The number of esters is 3. The smallest absolute Gasteiger partial charge is 0.410 e. The van der Waals surface area contributed by atoms with Gasteiger partial charge < -0.3 is 29.6 Å². The van der Waals surface area contributed by atoms with E-state index in [1.165, 1.54) is 27.7 Å². The predicted molar refractivity (Wildman–Crippen MR) is 206 cm³/mol. The van der Waals surface area contributed by atoms with E-state index in [1.54, 1.807) is 39.8 Å². The number of ether oxygens (including phenoxy) is 4. The number of carbonyl (C=O) groups is 5. The van der Waals surface area contributed by atoms with Crippen LogP contribution in [0.4, 0.5) is 4.79 Å². The van der Waals surface area contributed by atoms with Crippen molar-refractivity contribution < 1.29 is 52.0 Å². The van der Waals surface area contributed by atoms with Gasteiger partial charge in [-0.05, 0) is 49.4 Å². The molecule has 2 amide bonds. The minimum Gasteiger partial charge on any atom is -0.459 e. The summed E-state index contributed by atoms with van der Waals surface area (Å²) in [6.45, 7) is 12.1. The van der Waals surface area contributed by atoms with Crippen molar-refractivity contribution in [1.29, 1.82) is 0 Å². The lowest BCUT2D eigenvalue weighted by Gasteiger charge is -2.31. The monoisotopic (exact) mass is 780 g/mol. The maximum atomic E-state index is 14.9. The Morgan fingerprint density at radius 1 is 0.600 bits per heavy atom. The van der Waals surface area contributed by atoms with Crippen LogP contribution in [0, 0.1) is 17.8 Å². The summed E-state index contributed by atoms with van der Waals surface area (Å²) in [5, 5.41) is 5.17. The van der Waals surface area contributed by atoms with Gasteiger partial charge in [-0.15, -0.1) is 0 Å². The zero-order valence-electron chi connectivity index (χ0n) is 32.7. The van der Waals surface area contributed by atoms with E-state index in [-0.39, 0.29) is 13.0 Å². The van der Waals surface area contributed by atoms with Gasteiger partial charge in [0.2, 0.25) is 25.9 Å². The second-order valence-electron chi connectivity index (χ2n) is 13.8. The molecule has 3 rings (SSSR count). The lowest BCUT2D eigenvalue weighted by molar-refractivity contribution is -0.169. The number of nitrogens with one attached hydrogen (secondary N) is 2. The van der Waals surface area contributed by atoms with Gasteiger partial charge in [-0.3, -0.25) is 23.5 Å². The molecule has 14 heteroatoms. The Hall–Kier alpha value is -5.00. The molecule has 0 fully saturated rings. The fourth-order valence-corrected chi connectivity index (χ4v) is 7.52. The first-order chi connectivity index (χ1) is 26.0. The van der Waals surface area contributed by atoms with Gasteiger partial charge in [-0.1, -0.05) is 113 Å². The number of hydrogen-bond donors (Lipinski definition) is 2. The van der Waals surface area contributed by atoms with Crippen LogP contribution in [-0.4, -0.2) is 60.5 Å². The van der Waals surface area contributed by atoms with Gasteiger partial charge in [0.15, 0.2) is 0 Å². The number of benzene rings is 3. The molecule has 0 heterocycles. The van der Waals surface area contributed by atoms with Crippen LogP contribution in [0.5, 0.6) is 0 Å². The molecule has 0 saturated heterocycles. The molecule has 0 aliphatic heterocycles. The highest BCUT2D eigenvalue weighted by molar-refractivity contribution is 7.59. The Balaban J connectivity index is 1.91. The van der Waals surface area contributed by atoms with E-state index < -0.39 is 85.6 Å². The molecule has 0 saturated carbocycles. The van der Waals surface area contributed by atoms with E-state index in [0.717, 1.165) is 16.7 Å². The lowest BCUT2D eigenvalue weighted by Crippen LogP contribution is -2.45. The summed E-state index contributed by atoms with van der Waals surface area (Å²) in [4.78, 5) is 64.4. The van der Waals surface area contributed by atoms with Gasteiger partial charge in [-0.2, -0.15) is 0 Å². The second kappa shape index (κ2) is 21.2. The first kappa shape index (κ1) is 44.4. The average molecular weight is 781 g/mol. The van der Waals surface area contributed by atoms with Gasteiger partial charge >= 0.3 is 24.0 Å². The first-order valence-corrected chi connectivity index (χ1v) is 20.2. The normalized spacial score (nSPS) is 15.0. The Morgan fingerprint density at radius 2 is 1.13 bits per heavy atom. The molecule has 0 spiro atoms. The highest BCUT2D eigenvalue weighted by Crippen LogP contribution is 2.54. The minimum absolute atomic E-state index is 0.00166. The number of carbonyl (C=O) groups excluding carboxylic acids is 5. The highest BCUT2D eigenvalue weighted by Gasteiger charge is 2.40. The summed E-state index contributed by atoms with van der Waals surface area (Å²) < 4.78 is 42.0. The van der Waals surface area contributed by atoms with Crippen molar-refractivity contribution in [2.45, 2.75) is 92.8 Å². The van der Waals surface area contributed by atoms with Gasteiger partial charge in [0.1, 0.15) is 18.4 Å². The van der Waals surface area contributed by atoms with Gasteiger partial charge in [0.05, 0.1) is 17.8 Å². The maximum absolute atomic E-state index is 14.9. The summed E-state index contributed by atoms with van der Waals surface area (Å²) in [5.41, 5.74) is 3.42. The lowest BCUT2D eigenvalue weighted by atomic mass is 9.97. The molecule has 0 aliphatic rings. The predicted octanol–water partition coefficient (Wildman–Crippen LogP) is 7.22. The molecule has 0 aliphatic carbocycles. The SMILES string of the molecule is CC(OC(=O)NC(C)P(=O)(CC(Cc1ccc(-c2ccccc2)cc1)C(=O)NC(C)C(=O)OCc1ccccc1)OC(C)OC(=O)C(C)C)OC(=O)C(C)C. The second-order valence-corrected chi connectivity index (χ2v) is 16.6. The third-order valence-corrected chi connectivity index (χ3v) is 11.3. The van der Waals surface area contributed by atoms with Crippen LogP contribution in [0.25, 0.3) is 11.1 Å². The molecule has 3 aromatic carbocycles. The van der Waals surface area contributed by atoms with Gasteiger partial charge in [0, 0.05) is 13.1 Å². The molecule has 0 radical (unpaired) electrons. The van der Waals surface area contributed by atoms with E-state index >= 15 is 0 Å². The van der Waals surface area contributed by atoms with Crippen molar-refractivity contribution in [1.82, 2.24) is 10.6 Å². The molecule has 2 N–H and O–H groups in total. The summed E-state index contributed by atoms with van der Waals surface area (Å²) in [6.07, 6.45) is -4.07. The van der Waals surface area contributed by atoms with Gasteiger partial charge in [-0.25, -0.2) is 9.59 Å². The van der Waals surface area contributed by atoms with Crippen LogP contribution in [0.3, 0.4) is 0 Å². The van der Waals surface area contributed by atoms with Crippen molar-refractivity contribution in [3.63, 3.8) is 0 Å². The number of rotatable bonds is 19. The Labute approximate surface area is 323 Å². The minimum atomic E-state index is -4.19. The van der Waals surface area contributed by atoms with E-state index in [2.05, 4.69) is 10.6 Å². The zero-order valence-corrected chi connectivity index (χ0v) is 33.6. The fraction of sp³-hybridized carbons (Fsp3) is 0.439. The van der Waals surface area contributed by atoms with Crippen LogP contribution >= 0.6 is 7.37 Å². The van der Waals surface area contributed by atoms with Crippen molar-refractivity contribution in [3.05, 3.63) is 96.1 Å². The molecule has 6 atom stereocenters. The van der Waals surface area contributed by atoms with Crippen molar-refractivity contribution in [3.8, 4) is 11.1 Å². The molecular weight excluding hydrogens is 727 g/mol. The third kappa shape index (κ3) is 14.6. The summed E-state index contributed by atoms with van der Waals surface area (Å²) in [6, 6.07) is 25.2. The largest absolute Gasteiger partial charge is 0.459 e. The van der Waals surface area contributed by atoms with Gasteiger partial charge in [0.25, 0.3) is 0 Å². The average Bonchev–Trinajstić information content (AvgIpc) is 3.14. The molecular formula is C41H53N2O11P. The molecule has 3 aromatic rings. The highest BCUT2D eigenvalue weighted by atomic mass is 31.2. The van der Waals surface area contributed by atoms with Crippen LogP contribution < -0.4 is 10.6 Å². The standard InChI is InChI=1S/C41H53N2O11P/c1-26(2)38(45)51-30(7)53-41(48)43-29(6)55(49,54-31(8)52-39(46)27(3)4)25-36(23-32-19-21-35(22-20-32)34-17-13-10-14-18-34)37(44)42-28(5)40(47)50-24-33-15-11-9-12-16-33/h9-22,26-31,36H,23-25H2,1-8H3,(H,42,44)(H,43,48). The van der Waals surface area contributed by atoms with Crippen molar-refractivity contribution >= 4 is 37.3 Å². The quantitative estimate of drug-likeness (QED) is 0.0545. The number of hydrogen-bond acceptors (Lipinski definition) is 11. The third-order valence-electron chi connectivity index (χ3n) is 8.35. The van der Waals surface area contributed by atoms with E-state index in [0.29, 0.717) is 5.56 Å². The summed E-state index contributed by atoms with van der Waals surface area (Å²) in [5.74, 6) is -5.89. The topological polar surface area (TPSA) is 173 Å².